The van der Waals surface area contributed by atoms with Crippen LogP contribution < -0.4 is 20.1 Å². The first-order valence-corrected chi connectivity index (χ1v) is 7.46. The lowest BCUT2D eigenvalue weighted by Crippen LogP contribution is -2.31. The maximum Gasteiger partial charge on any atom is 0.195 e. The Morgan fingerprint density at radius 3 is 2.50 bits per heavy atom. The quantitative estimate of drug-likeness (QED) is 0.400. The second-order valence-electron chi connectivity index (χ2n) is 5.04. The smallest absolute Gasteiger partial charge is 0.195 e. The SMILES string of the molecule is CCNC(=NCC(C)C)Nc1ccc(OC)c(OCC)c1.I. The van der Waals surface area contributed by atoms with E-state index in [1.54, 1.807) is 7.11 Å². The highest BCUT2D eigenvalue weighted by atomic mass is 127. The van der Waals surface area contributed by atoms with Crippen molar-refractivity contribution in [2.45, 2.75) is 27.7 Å². The minimum atomic E-state index is 0. The number of nitrogens with zero attached hydrogens (tertiary/aromatic N) is 1. The molecule has 126 valence electrons. The molecule has 0 bridgehead atoms. The minimum Gasteiger partial charge on any atom is -0.493 e. The molecular weight excluding hydrogens is 393 g/mol. The Bertz CT molecular complexity index is 465. The van der Waals surface area contributed by atoms with Crippen molar-refractivity contribution < 1.29 is 9.47 Å². The molecule has 5 nitrogen and oxygen atoms in total. The summed E-state index contributed by atoms with van der Waals surface area (Å²) in [5.41, 5.74) is 0.919. The van der Waals surface area contributed by atoms with Crippen molar-refractivity contribution in [1.29, 1.82) is 0 Å². The van der Waals surface area contributed by atoms with Crippen LogP contribution in [-0.4, -0.2) is 32.8 Å². The summed E-state index contributed by atoms with van der Waals surface area (Å²) in [6, 6.07) is 5.76. The number of guanidine groups is 1. The highest BCUT2D eigenvalue weighted by Gasteiger charge is 2.07. The minimum absolute atomic E-state index is 0. The van der Waals surface area contributed by atoms with Gasteiger partial charge in [0.05, 0.1) is 13.7 Å². The van der Waals surface area contributed by atoms with Gasteiger partial charge in [0.25, 0.3) is 0 Å². The average Bonchev–Trinajstić information content (AvgIpc) is 2.45. The van der Waals surface area contributed by atoms with Gasteiger partial charge in [-0.1, -0.05) is 13.8 Å². The predicted octanol–water partition coefficient (Wildman–Crippen LogP) is 3.75. The molecule has 0 aliphatic rings. The molecule has 0 aliphatic heterocycles. The molecule has 0 aliphatic carbocycles. The molecule has 2 N–H and O–H groups in total. The van der Waals surface area contributed by atoms with Crippen molar-refractivity contribution >= 4 is 35.6 Å². The highest BCUT2D eigenvalue weighted by Crippen LogP contribution is 2.30. The van der Waals surface area contributed by atoms with Crippen LogP contribution in [0.1, 0.15) is 27.7 Å². The van der Waals surface area contributed by atoms with Crippen molar-refractivity contribution in [1.82, 2.24) is 5.32 Å². The number of hydrogen-bond donors (Lipinski definition) is 2. The van der Waals surface area contributed by atoms with Crippen LogP contribution in [0.2, 0.25) is 0 Å². The standard InChI is InChI=1S/C16H27N3O2.HI/c1-6-17-16(18-11-12(3)4)19-13-8-9-14(20-5)15(10-13)21-7-2;/h8-10,12H,6-7,11H2,1-5H3,(H2,17,18,19);1H. The van der Waals surface area contributed by atoms with Crippen molar-refractivity contribution in [3.05, 3.63) is 18.2 Å². The summed E-state index contributed by atoms with van der Waals surface area (Å²) in [5, 5.41) is 6.52. The van der Waals surface area contributed by atoms with Crippen LogP contribution >= 0.6 is 24.0 Å². The zero-order valence-electron chi connectivity index (χ0n) is 14.1. The third kappa shape index (κ3) is 7.20. The fraction of sp³-hybridized carbons (Fsp3) is 0.562. The maximum absolute atomic E-state index is 5.58. The van der Waals surface area contributed by atoms with E-state index in [4.69, 9.17) is 9.47 Å². The Kier molecular flexibility index (Phi) is 10.8. The lowest BCUT2D eigenvalue weighted by atomic mass is 10.2. The number of methoxy groups -OCH3 is 1. The topological polar surface area (TPSA) is 54.9 Å². The fourth-order valence-electron chi connectivity index (χ4n) is 1.74. The van der Waals surface area contributed by atoms with E-state index in [1.807, 2.05) is 32.0 Å². The van der Waals surface area contributed by atoms with Crippen molar-refractivity contribution in [2.24, 2.45) is 10.9 Å². The molecule has 22 heavy (non-hydrogen) atoms. The van der Waals surface area contributed by atoms with E-state index < -0.39 is 0 Å². The second-order valence-corrected chi connectivity index (χ2v) is 5.04. The van der Waals surface area contributed by atoms with Crippen molar-refractivity contribution in [2.75, 3.05) is 32.1 Å². The number of aliphatic imine (C=N–C) groups is 1. The number of halogens is 1. The summed E-state index contributed by atoms with van der Waals surface area (Å²) in [7, 11) is 1.64. The molecule has 0 radical (unpaired) electrons. The summed E-state index contributed by atoms with van der Waals surface area (Å²) in [6.07, 6.45) is 0. The average molecular weight is 421 g/mol. The Labute approximate surface area is 150 Å². The van der Waals surface area contributed by atoms with Gasteiger partial charge in [-0.25, -0.2) is 0 Å². The Hall–Kier alpha value is -1.18. The number of benzene rings is 1. The Balaban J connectivity index is 0.00000441. The number of hydrogen-bond acceptors (Lipinski definition) is 3. The van der Waals surface area contributed by atoms with Gasteiger partial charge in [0.1, 0.15) is 0 Å². The van der Waals surface area contributed by atoms with Crippen LogP contribution in [0.3, 0.4) is 0 Å². The molecule has 1 aromatic carbocycles. The first kappa shape index (κ1) is 20.8. The van der Waals surface area contributed by atoms with E-state index in [-0.39, 0.29) is 24.0 Å². The van der Waals surface area contributed by atoms with Crippen LogP contribution in [0.25, 0.3) is 0 Å². The van der Waals surface area contributed by atoms with Gasteiger partial charge >= 0.3 is 0 Å². The number of ether oxygens (including phenoxy) is 2. The summed E-state index contributed by atoms with van der Waals surface area (Å²) in [6.45, 7) is 10.5. The van der Waals surface area contributed by atoms with Crippen LogP contribution in [0.5, 0.6) is 11.5 Å². The van der Waals surface area contributed by atoms with E-state index in [0.717, 1.165) is 36.2 Å². The molecule has 0 aromatic heterocycles. The summed E-state index contributed by atoms with van der Waals surface area (Å²) in [5.74, 6) is 2.75. The molecule has 0 spiro atoms. The molecule has 0 heterocycles. The van der Waals surface area contributed by atoms with Gasteiger partial charge in [-0.3, -0.25) is 4.99 Å². The normalized spacial score (nSPS) is 10.9. The zero-order chi connectivity index (χ0) is 15.7. The van der Waals surface area contributed by atoms with Crippen molar-refractivity contribution in [3.8, 4) is 11.5 Å². The Morgan fingerprint density at radius 1 is 1.23 bits per heavy atom. The summed E-state index contributed by atoms with van der Waals surface area (Å²) in [4.78, 5) is 4.55. The largest absolute Gasteiger partial charge is 0.493 e. The first-order chi connectivity index (χ1) is 10.1. The molecule has 6 heteroatoms. The number of nitrogens with one attached hydrogen (secondary N) is 2. The van der Waals surface area contributed by atoms with Gasteiger partial charge in [-0.05, 0) is 31.9 Å². The summed E-state index contributed by atoms with van der Waals surface area (Å²) >= 11 is 0. The van der Waals surface area contributed by atoms with Crippen LogP contribution in [0.4, 0.5) is 5.69 Å². The molecule has 0 saturated carbocycles. The third-order valence-corrected chi connectivity index (χ3v) is 2.68. The van der Waals surface area contributed by atoms with E-state index in [0.29, 0.717) is 12.5 Å². The van der Waals surface area contributed by atoms with Crippen LogP contribution in [0, 0.1) is 5.92 Å². The maximum atomic E-state index is 5.58. The van der Waals surface area contributed by atoms with Gasteiger partial charge in [-0.2, -0.15) is 0 Å². The van der Waals surface area contributed by atoms with E-state index in [1.165, 1.54) is 0 Å². The molecule has 0 fully saturated rings. The second kappa shape index (κ2) is 11.4. The highest BCUT2D eigenvalue weighted by molar-refractivity contribution is 14.0. The molecule has 0 saturated heterocycles. The van der Waals surface area contributed by atoms with Gasteiger partial charge in [0.15, 0.2) is 17.5 Å². The van der Waals surface area contributed by atoms with Gasteiger partial charge in [-0.15, -0.1) is 24.0 Å². The van der Waals surface area contributed by atoms with E-state index >= 15 is 0 Å². The molecule has 0 unspecified atom stereocenters. The summed E-state index contributed by atoms with van der Waals surface area (Å²) < 4.78 is 10.9. The number of anilines is 1. The third-order valence-electron chi connectivity index (χ3n) is 2.68. The molecule has 0 atom stereocenters. The van der Waals surface area contributed by atoms with Gasteiger partial charge in [0.2, 0.25) is 0 Å². The number of rotatable bonds is 7. The van der Waals surface area contributed by atoms with E-state index in [2.05, 4.69) is 29.5 Å². The van der Waals surface area contributed by atoms with Crippen molar-refractivity contribution in [3.63, 3.8) is 0 Å². The zero-order valence-corrected chi connectivity index (χ0v) is 16.4. The molecular formula is C16H28IN3O2. The molecule has 0 amide bonds. The molecule has 1 aromatic rings. The lowest BCUT2D eigenvalue weighted by molar-refractivity contribution is 0.311. The monoisotopic (exact) mass is 421 g/mol. The molecule has 1 rings (SSSR count). The fourth-order valence-corrected chi connectivity index (χ4v) is 1.74. The van der Waals surface area contributed by atoms with Gasteiger partial charge in [0, 0.05) is 24.8 Å². The predicted molar refractivity (Wildman–Crippen MR) is 104 cm³/mol. The van der Waals surface area contributed by atoms with E-state index in [9.17, 15) is 0 Å². The first-order valence-electron chi connectivity index (χ1n) is 7.46. The van der Waals surface area contributed by atoms with Gasteiger partial charge < -0.3 is 20.1 Å². The lowest BCUT2D eigenvalue weighted by Gasteiger charge is -2.14. The van der Waals surface area contributed by atoms with Crippen LogP contribution in [-0.2, 0) is 0 Å². The Morgan fingerprint density at radius 2 is 1.95 bits per heavy atom. The van der Waals surface area contributed by atoms with Crippen LogP contribution in [0.15, 0.2) is 23.2 Å².